The standard InChI is InChI=1S/C23H27N3O3/c1-23(2,3)29-22(28)25-13-7-10-17(21(25)27)14-18-20-12-6-9-16-8-4-5-11-19(16)26(20)15-24-18/h4-5,8,11,14-15H,6-7,9-10,12-13H2,1-3H3/b17-14+. The van der Waals surface area contributed by atoms with E-state index in [0.29, 0.717) is 18.5 Å². The second kappa shape index (κ2) is 7.50. The summed E-state index contributed by atoms with van der Waals surface area (Å²) in [6, 6.07) is 8.37. The van der Waals surface area contributed by atoms with Crippen molar-refractivity contribution < 1.29 is 14.3 Å². The van der Waals surface area contributed by atoms with Gasteiger partial charge in [-0.25, -0.2) is 14.7 Å². The first-order valence-electron chi connectivity index (χ1n) is 10.2. The van der Waals surface area contributed by atoms with E-state index >= 15 is 0 Å². The van der Waals surface area contributed by atoms with Gasteiger partial charge in [0.15, 0.2) is 0 Å². The van der Waals surface area contributed by atoms with Crippen LogP contribution in [0.15, 0.2) is 36.2 Å². The molecule has 152 valence electrons. The number of fused-ring (bicyclic) bond motifs is 3. The molecule has 1 saturated heterocycles. The average Bonchev–Trinajstić information content (AvgIpc) is 2.95. The van der Waals surface area contributed by atoms with E-state index in [1.54, 1.807) is 20.8 Å². The lowest BCUT2D eigenvalue weighted by molar-refractivity contribution is -0.127. The van der Waals surface area contributed by atoms with Crippen molar-refractivity contribution in [1.82, 2.24) is 14.5 Å². The lowest BCUT2D eigenvalue weighted by Gasteiger charge is -2.29. The van der Waals surface area contributed by atoms with E-state index in [0.717, 1.165) is 42.8 Å². The van der Waals surface area contributed by atoms with E-state index in [4.69, 9.17) is 4.74 Å². The fourth-order valence-corrected chi connectivity index (χ4v) is 3.97. The van der Waals surface area contributed by atoms with Gasteiger partial charge in [-0.1, -0.05) is 18.2 Å². The number of carbonyl (C=O) groups is 2. The Morgan fingerprint density at radius 1 is 1.14 bits per heavy atom. The summed E-state index contributed by atoms with van der Waals surface area (Å²) in [4.78, 5) is 31.2. The van der Waals surface area contributed by atoms with Crippen molar-refractivity contribution >= 4 is 18.1 Å². The first-order valence-corrected chi connectivity index (χ1v) is 10.2. The number of imide groups is 1. The lowest BCUT2D eigenvalue weighted by Crippen LogP contribution is -2.44. The predicted molar refractivity (Wildman–Crippen MR) is 111 cm³/mol. The van der Waals surface area contributed by atoms with Gasteiger partial charge in [0.05, 0.1) is 5.69 Å². The van der Waals surface area contributed by atoms with Gasteiger partial charge in [-0.05, 0) is 70.6 Å². The van der Waals surface area contributed by atoms with E-state index in [1.807, 2.05) is 18.5 Å². The van der Waals surface area contributed by atoms with Gasteiger partial charge < -0.3 is 9.30 Å². The van der Waals surface area contributed by atoms with Gasteiger partial charge in [-0.3, -0.25) is 4.79 Å². The Balaban J connectivity index is 1.63. The number of imidazole rings is 1. The van der Waals surface area contributed by atoms with E-state index in [2.05, 4.69) is 27.8 Å². The maximum atomic E-state index is 12.9. The molecular weight excluding hydrogens is 366 g/mol. The van der Waals surface area contributed by atoms with Gasteiger partial charge in [0.1, 0.15) is 11.9 Å². The summed E-state index contributed by atoms with van der Waals surface area (Å²) in [5.74, 6) is -0.277. The molecule has 0 aliphatic carbocycles. The number of para-hydroxylation sites is 1. The van der Waals surface area contributed by atoms with Gasteiger partial charge in [0.25, 0.3) is 5.91 Å². The summed E-state index contributed by atoms with van der Waals surface area (Å²) in [6.07, 6.45) is 7.46. The Hall–Kier alpha value is -2.89. The highest BCUT2D eigenvalue weighted by Gasteiger charge is 2.32. The van der Waals surface area contributed by atoms with E-state index in [9.17, 15) is 9.59 Å². The number of hydrogen-bond acceptors (Lipinski definition) is 4. The van der Waals surface area contributed by atoms with E-state index in [-0.39, 0.29) is 5.91 Å². The smallest absolute Gasteiger partial charge is 0.417 e. The topological polar surface area (TPSA) is 64.4 Å². The molecule has 0 bridgehead atoms. The number of hydrogen-bond donors (Lipinski definition) is 0. The van der Waals surface area contributed by atoms with Crippen LogP contribution in [0, 0.1) is 0 Å². The lowest BCUT2D eigenvalue weighted by atomic mass is 10.0. The van der Waals surface area contributed by atoms with Crippen LogP contribution in [-0.4, -0.2) is 38.6 Å². The van der Waals surface area contributed by atoms with Gasteiger partial charge >= 0.3 is 6.09 Å². The molecule has 0 N–H and O–H groups in total. The number of nitrogens with zero attached hydrogens (tertiary/aromatic N) is 3. The van der Waals surface area contributed by atoms with Crippen molar-refractivity contribution in [2.45, 2.75) is 58.5 Å². The largest absolute Gasteiger partial charge is 0.443 e. The number of rotatable bonds is 1. The summed E-state index contributed by atoms with van der Waals surface area (Å²) in [5.41, 5.74) is 4.38. The molecule has 0 saturated carbocycles. The van der Waals surface area contributed by atoms with E-state index < -0.39 is 11.7 Å². The van der Waals surface area contributed by atoms with Crippen molar-refractivity contribution in [3.63, 3.8) is 0 Å². The molecule has 2 aliphatic heterocycles. The van der Waals surface area contributed by atoms with Crippen LogP contribution in [0.5, 0.6) is 0 Å². The Labute approximate surface area is 171 Å². The van der Waals surface area contributed by atoms with Crippen molar-refractivity contribution in [1.29, 1.82) is 0 Å². The van der Waals surface area contributed by atoms with Gasteiger partial charge in [0.2, 0.25) is 0 Å². The molecule has 4 rings (SSSR count). The molecule has 6 nitrogen and oxygen atoms in total. The zero-order valence-corrected chi connectivity index (χ0v) is 17.3. The Bertz CT molecular complexity index is 981. The van der Waals surface area contributed by atoms with Crippen molar-refractivity contribution in [3.05, 3.63) is 53.1 Å². The van der Waals surface area contributed by atoms with Crippen molar-refractivity contribution in [2.75, 3.05) is 6.54 Å². The molecular formula is C23H27N3O3. The SMILES string of the molecule is CC(C)(C)OC(=O)N1CCC/C(=C\c2ncn3c2CCCc2ccccc2-3)C1=O. The van der Waals surface area contributed by atoms with Gasteiger partial charge in [0, 0.05) is 23.5 Å². The molecule has 2 aliphatic rings. The first kappa shape index (κ1) is 19.4. The Kier molecular flexibility index (Phi) is 5.03. The van der Waals surface area contributed by atoms with Crippen LogP contribution in [0.2, 0.25) is 0 Å². The monoisotopic (exact) mass is 393 g/mol. The maximum Gasteiger partial charge on any atom is 0.417 e. The second-order valence-electron chi connectivity index (χ2n) is 8.64. The van der Waals surface area contributed by atoms with Gasteiger partial charge in [-0.2, -0.15) is 0 Å². The van der Waals surface area contributed by atoms with Crippen LogP contribution >= 0.6 is 0 Å². The molecule has 1 aromatic heterocycles. The number of amides is 2. The van der Waals surface area contributed by atoms with Crippen LogP contribution in [-0.2, 0) is 22.4 Å². The summed E-state index contributed by atoms with van der Waals surface area (Å²) in [5, 5.41) is 0. The van der Waals surface area contributed by atoms with Crippen LogP contribution in [0.3, 0.4) is 0 Å². The average molecular weight is 393 g/mol. The summed E-state index contributed by atoms with van der Waals surface area (Å²) >= 11 is 0. The summed E-state index contributed by atoms with van der Waals surface area (Å²) < 4.78 is 7.53. The maximum absolute atomic E-state index is 12.9. The van der Waals surface area contributed by atoms with Crippen LogP contribution in [0.1, 0.15) is 57.0 Å². The third-order valence-corrected chi connectivity index (χ3v) is 5.28. The molecule has 1 aromatic carbocycles. The molecule has 0 atom stereocenters. The van der Waals surface area contributed by atoms with E-state index in [1.165, 1.54) is 10.5 Å². The van der Waals surface area contributed by atoms with Crippen LogP contribution in [0.4, 0.5) is 4.79 Å². The molecule has 0 spiro atoms. The highest BCUT2D eigenvalue weighted by Crippen LogP contribution is 2.28. The number of piperidine rings is 1. The minimum absolute atomic E-state index is 0.277. The third kappa shape index (κ3) is 3.97. The number of aryl methyl sites for hydroxylation is 1. The van der Waals surface area contributed by atoms with Crippen molar-refractivity contribution in [3.8, 4) is 5.69 Å². The third-order valence-electron chi connectivity index (χ3n) is 5.28. The second-order valence-corrected chi connectivity index (χ2v) is 8.64. The molecule has 2 amide bonds. The minimum atomic E-state index is -0.632. The first-order chi connectivity index (χ1) is 13.8. The number of benzene rings is 1. The molecule has 1 fully saturated rings. The van der Waals surface area contributed by atoms with Crippen LogP contribution < -0.4 is 0 Å². The number of aromatic nitrogens is 2. The number of ether oxygens (including phenoxy) is 1. The number of carbonyl (C=O) groups excluding carboxylic acids is 2. The highest BCUT2D eigenvalue weighted by molar-refractivity contribution is 6.05. The summed E-state index contributed by atoms with van der Waals surface area (Å²) in [7, 11) is 0. The minimum Gasteiger partial charge on any atom is -0.443 e. The van der Waals surface area contributed by atoms with Crippen molar-refractivity contribution in [2.24, 2.45) is 0 Å². The molecule has 0 unspecified atom stereocenters. The summed E-state index contributed by atoms with van der Waals surface area (Å²) in [6.45, 7) is 5.79. The molecule has 0 radical (unpaired) electrons. The molecule has 6 heteroatoms. The quantitative estimate of drug-likeness (QED) is 0.678. The number of likely N-dealkylation sites (tertiary alicyclic amines) is 1. The fraction of sp³-hybridized carbons (Fsp3) is 0.435. The predicted octanol–water partition coefficient (Wildman–Crippen LogP) is 4.30. The Morgan fingerprint density at radius 2 is 1.93 bits per heavy atom. The molecule has 2 aromatic rings. The fourth-order valence-electron chi connectivity index (χ4n) is 3.97. The normalized spacial score (nSPS) is 18.2. The van der Waals surface area contributed by atoms with Crippen LogP contribution in [0.25, 0.3) is 11.8 Å². The zero-order chi connectivity index (χ0) is 20.6. The Morgan fingerprint density at radius 3 is 2.72 bits per heavy atom. The highest BCUT2D eigenvalue weighted by atomic mass is 16.6. The van der Waals surface area contributed by atoms with Gasteiger partial charge in [-0.15, -0.1) is 0 Å². The molecule has 29 heavy (non-hydrogen) atoms. The zero-order valence-electron chi connectivity index (χ0n) is 17.3. The molecule has 3 heterocycles.